The van der Waals surface area contributed by atoms with Crippen molar-refractivity contribution < 1.29 is 0 Å². The van der Waals surface area contributed by atoms with Gasteiger partial charge in [0, 0.05) is 36.6 Å². The molecule has 0 radical (unpaired) electrons. The van der Waals surface area contributed by atoms with E-state index in [0.717, 1.165) is 17.1 Å². The van der Waals surface area contributed by atoms with Crippen molar-refractivity contribution in [3.8, 4) is 31.3 Å². The lowest BCUT2D eigenvalue weighted by atomic mass is 10.1. The standard InChI is InChI=1S/C31H23NS3/c1-22-6-19-31(35-22)25-11-17-28(18-12-25)32(26-13-7-23(8-14-26)29-4-2-20-33-29)27-15-9-24(10-16-27)30-5-3-21-34-30/h2-21H,1H3. The monoisotopic (exact) mass is 505 g/mol. The molecule has 0 spiro atoms. The molecular formula is C31H23NS3. The van der Waals surface area contributed by atoms with Crippen molar-refractivity contribution in [2.45, 2.75) is 6.92 Å². The molecule has 0 N–H and O–H groups in total. The molecule has 4 heteroatoms. The van der Waals surface area contributed by atoms with Crippen LogP contribution in [0.1, 0.15) is 4.88 Å². The number of thiophene rings is 3. The zero-order valence-electron chi connectivity index (χ0n) is 19.2. The summed E-state index contributed by atoms with van der Waals surface area (Å²) in [6.07, 6.45) is 0. The average Bonchev–Trinajstić information content (AvgIpc) is 3.69. The third-order valence-electron chi connectivity index (χ3n) is 6.01. The Morgan fingerprint density at radius 1 is 0.457 bits per heavy atom. The van der Waals surface area contributed by atoms with E-state index in [1.165, 1.54) is 36.2 Å². The maximum atomic E-state index is 2.33. The number of aryl methyl sites for hydroxylation is 1. The minimum atomic E-state index is 1.15. The molecule has 0 fully saturated rings. The van der Waals surface area contributed by atoms with E-state index >= 15 is 0 Å². The van der Waals surface area contributed by atoms with E-state index in [4.69, 9.17) is 0 Å². The molecule has 0 aliphatic rings. The summed E-state index contributed by atoms with van der Waals surface area (Å²) in [6.45, 7) is 2.16. The highest BCUT2D eigenvalue weighted by Crippen LogP contribution is 2.38. The lowest BCUT2D eigenvalue weighted by Gasteiger charge is -2.26. The maximum Gasteiger partial charge on any atom is 0.0462 e. The van der Waals surface area contributed by atoms with E-state index in [1.807, 2.05) is 11.3 Å². The number of nitrogens with zero attached hydrogens (tertiary/aromatic N) is 1. The first kappa shape index (κ1) is 22.1. The van der Waals surface area contributed by atoms with Gasteiger partial charge in [0.15, 0.2) is 0 Å². The van der Waals surface area contributed by atoms with E-state index in [1.54, 1.807) is 22.7 Å². The second kappa shape index (κ2) is 9.67. The number of hydrogen-bond acceptors (Lipinski definition) is 4. The topological polar surface area (TPSA) is 3.24 Å². The molecule has 3 heterocycles. The van der Waals surface area contributed by atoms with Crippen LogP contribution in [-0.2, 0) is 0 Å². The molecule has 6 aromatic rings. The van der Waals surface area contributed by atoms with Gasteiger partial charge in [0.1, 0.15) is 0 Å². The number of hydrogen-bond donors (Lipinski definition) is 0. The molecule has 0 saturated heterocycles. The van der Waals surface area contributed by atoms with E-state index < -0.39 is 0 Å². The molecular weight excluding hydrogens is 483 g/mol. The fourth-order valence-electron chi connectivity index (χ4n) is 4.25. The normalized spacial score (nSPS) is 11.0. The quantitative estimate of drug-likeness (QED) is 0.218. The van der Waals surface area contributed by atoms with Crippen molar-refractivity contribution in [1.29, 1.82) is 0 Å². The van der Waals surface area contributed by atoms with Crippen molar-refractivity contribution in [3.05, 3.63) is 125 Å². The Kier molecular flexibility index (Phi) is 6.09. The van der Waals surface area contributed by atoms with Crippen LogP contribution in [0.2, 0.25) is 0 Å². The molecule has 0 unspecified atom stereocenters. The Morgan fingerprint density at radius 3 is 1.23 bits per heavy atom. The number of benzene rings is 3. The molecule has 35 heavy (non-hydrogen) atoms. The van der Waals surface area contributed by atoms with Crippen LogP contribution in [0.25, 0.3) is 31.3 Å². The van der Waals surface area contributed by atoms with Gasteiger partial charge in [-0.05, 0) is 95.0 Å². The van der Waals surface area contributed by atoms with Crippen LogP contribution in [-0.4, -0.2) is 0 Å². The summed E-state index contributed by atoms with van der Waals surface area (Å²) in [6, 6.07) is 39.6. The zero-order valence-corrected chi connectivity index (χ0v) is 21.7. The Bertz CT molecular complexity index is 1430. The third-order valence-corrected chi connectivity index (χ3v) is 8.90. The molecule has 0 aliphatic heterocycles. The Morgan fingerprint density at radius 2 is 0.886 bits per heavy atom. The molecule has 0 aliphatic carbocycles. The van der Waals surface area contributed by atoms with Crippen molar-refractivity contribution in [3.63, 3.8) is 0 Å². The molecule has 3 aromatic heterocycles. The minimum Gasteiger partial charge on any atom is -0.311 e. The molecule has 0 saturated carbocycles. The maximum absolute atomic E-state index is 2.33. The van der Waals surface area contributed by atoms with Gasteiger partial charge in [0.25, 0.3) is 0 Å². The number of anilines is 3. The van der Waals surface area contributed by atoms with E-state index in [9.17, 15) is 0 Å². The zero-order chi connectivity index (χ0) is 23.6. The van der Waals surface area contributed by atoms with Crippen molar-refractivity contribution in [2.75, 3.05) is 4.90 Å². The van der Waals surface area contributed by atoms with Crippen LogP contribution in [0.3, 0.4) is 0 Å². The van der Waals surface area contributed by atoms with Gasteiger partial charge in [-0.2, -0.15) is 0 Å². The molecule has 1 nitrogen and oxygen atoms in total. The summed E-state index contributed by atoms with van der Waals surface area (Å²) in [5.41, 5.74) is 7.20. The van der Waals surface area contributed by atoms with Gasteiger partial charge in [-0.25, -0.2) is 0 Å². The Balaban J connectivity index is 1.39. The van der Waals surface area contributed by atoms with Crippen molar-refractivity contribution >= 4 is 51.1 Å². The first-order chi connectivity index (χ1) is 17.2. The summed E-state index contributed by atoms with van der Waals surface area (Å²) in [4.78, 5) is 7.56. The lowest BCUT2D eigenvalue weighted by molar-refractivity contribution is 1.28. The summed E-state index contributed by atoms with van der Waals surface area (Å²) in [7, 11) is 0. The SMILES string of the molecule is Cc1ccc(-c2ccc(N(c3ccc(-c4cccs4)cc3)c3ccc(-c4cccs4)cc3)cc2)s1. The second-order valence-electron chi connectivity index (χ2n) is 8.34. The largest absolute Gasteiger partial charge is 0.311 e. The summed E-state index contributed by atoms with van der Waals surface area (Å²) in [5.74, 6) is 0. The van der Waals surface area contributed by atoms with Gasteiger partial charge in [-0.3, -0.25) is 0 Å². The van der Waals surface area contributed by atoms with Gasteiger partial charge in [-0.1, -0.05) is 48.5 Å². The fraction of sp³-hybridized carbons (Fsp3) is 0.0323. The average molecular weight is 506 g/mol. The fourth-order valence-corrected chi connectivity index (χ4v) is 6.59. The smallest absolute Gasteiger partial charge is 0.0462 e. The molecule has 3 aromatic carbocycles. The third kappa shape index (κ3) is 4.61. The predicted octanol–water partition coefficient (Wildman–Crippen LogP) is 10.7. The van der Waals surface area contributed by atoms with Crippen LogP contribution in [0, 0.1) is 6.92 Å². The van der Waals surface area contributed by atoms with Crippen LogP contribution in [0.15, 0.2) is 120 Å². The predicted molar refractivity (Wildman–Crippen MR) is 156 cm³/mol. The van der Waals surface area contributed by atoms with Gasteiger partial charge in [0.05, 0.1) is 0 Å². The molecule has 0 atom stereocenters. The molecule has 0 bridgehead atoms. The van der Waals surface area contributed by atoms with Gasteiger partial charge in [0.2, 0.25) is 0 Å². The Labute approximate surface area is 218 Å². The van der Waals surface area contributed by atoms with E-state index in [2.05, 4.69) is 132 Å². The highest BCUT2D eigenvalue weighted by molar-refractivity contribution is 7.15. The second-order valence-corrected chi connectivity index (χ2v) is 11.5. The summed E-state index contributed by atoms with van der Waals surface area (Å²) in [5, 5.41) is 4.25. The van der Waals surface area contributed by atoms with Crippen molar-refractivity contribution in [1.82, 2.24) is 0 Å². The summed E-state index contributed by atoms with van der Waals surface area (Å²) < 4.78 is 0. The van der Waals surface area contributed by atoms with Crippen LogP contribution in [0.4, 0.5) is 17.1 Å². The van der Waals surface area contributed by atoms with Crippen LogP contribution < -0.4 is 4.90 Å². The molecule has 170 valence electrons. The highest BCUT2D eigenvalue weighted by Gasteiger charge is 2.14. The highest BCUT2D eigenvalue weighted by atomic mass is 32.1. The first-order valence-electron chi connectivity index (χ1n) is 11.5. The van der Waals surface area contributed by atoms with Crippen LogP contribution >= 0.6 is 34.0 Å². The number of rotatable bonds is 6. The van der Waals surface area contributed by atoms with Gasteiger partial charge < -0.3 is 4.90 Å². The Hall–Kier alpha value is -3.44. The lowest BCUT2D eigenvalue weighted by Crippen LogP contribution is -2.09. The summed E-state index contributed by atoms with van der Waals surface area (Å²) >= 11 is 5.38. The van der Waals surface area contributed by atoms with Crippen molar-refractivity contribution in [2.24, 2.45) is 0 Å². The molecule has 0 amide bonds. The van der Waals surface area contributed by atoms with E-state index in [-0.39, 0.29) is 0 Å². The van der Waals surface area contributed by atoms with Crippen LogP contribution in [0.5, 0.6) is 0 Å². The van der Waals surface area contributed by atoms with E-state index in [0.29, 0.717) is 0 Å². The molecule has 6 rings (SSSR count). The van der Waals surface area contributed by atoms with Gasteiger partial charge >= 0.3 is 0 Å². The first-order valence-corrected chi connectivity index (χ1v) is 14.1. The minimum absolute atomic E-state index is 1.15. The van der Waals surface area contributed by atoms with Gasteiger partial charge in [-0.15, -0.1) is 34.0 Å².